The van der Waals surface area contributed by atoms with Crippen molar-refractivity contribution in [1.29, 1.82) is 0 Å². The highest BCUT2D eigenvalue weighted by atomic mass is 16.5. The molecule has 0 bridgehead atoms. The molecule has 1 aliphatic rings. The van der Waals surface area contributed by atoms with E-state index in [-0.39, 0.29) is 18.1 Å². The minimum Gasteiger partial charge on any atom is -0.493 e. The van der Waals surface area contributed by atoms with Gasteiger partial charge in [0.2, 0.25) is 0 Å². The van der Waals surface area contributed by atoms with Gasteiger partial charge in [0.15, 0.2) is 11.5 Å². The van der Waals surface area contributed by atoms with E-state index in [1.54, 1.807) is 25.3 Å². The zero-order valence-corrected chi connectivity index (χ0v) is 16.4. The van der Waals surface area contributed by atoms with Crippen LogP contribution >= 0.6 is 0 Å². The summed E-state index contributed by atoms with van der Waals surface area (Å²) in [5.41, 5.74) is 2.51. The monoisotopic (exact) mass is 379 g/mol. The fourth-order valence-corrected chi connectivity index (χ4v) is 3.74. The molecule has 0 spiro atoms. The molecule has 1 aromatic heterocycles. The number of hydrogen-bond donors (Lipinski definition) is 1. The standard InChI is InChI=1S/C22H25N3O3/c1-14(2)28-19-11-10-15(13-20(19)27-3)22(26)25-12-6-9-18(25)21-23-16-7-4-5-8-17(16)24-21/h4-5,7-8,10-11,13-14,18H,6,9,12H2,1-3H3,(H,23,24)/t18-/m1/s1. The van der Waals surface area contributed by atoms with E-state index in [1.165, 1.54) is 0 Å². The Morgan fingerprint density at radius 3 is 2.79 bits per heavy atom. The maximum atomic E-state index is 13.2. The average molecular weight is 379 g/mol. The first-order valence-corrected chi connectivity index (χ1v) is 9.67. The third-order valence-electron chi connectivity index (χ3n) is 5.01. The first kappa shape index (κ1) is 18.3. The Morgan fingerprint density at radius 2 is 2.04 bits per heavy atom. The van der Waals surface area contributed by atoms with Gasteiger partial charge in [0, 0.05) is 12.1 Å². The van der Waals surface area contributed by atoms with Gasteiger partial charge >= 0.3 is 0 Å². The van der Waals surface area contributed by atoms with Crippen molar-refractivity contribution in [2.24, 2.45) is 0 Å². The lowest BCUT2D eigenvalue weighted by molar-refractivity contribution is 0.0730. The van der Waals surface area contributed by atoms with Gasteiger partial charge in [0.05, 0.1) is 30.3 Å². The number of fused-ring (bicyclic) bond motifs is 1. The van der Waals surface area contributed by atoms with Crippen molar-refractivity contribution in [3.8, 4) is 11.5 Å². The van der Waals surface area contributed by atoms with E-state index in [0.29, 0.717) is 23.6 Å². The van der Waals surface area contributed by atoms with Gasteiger partial charge in [-0.25, -0.2) is 4.98 Å². The summed E-state index contributed by atoms with van der Waals surface area (Å²) in [4.78, 5) is 23.2. The molecule has 6 heteroatoms. The van der Waals surface area contributed by atoms with Gasteiger partial charge < -0.3 is 19.4 Å². The lowest BCUT2D eigenvalue weighted by atomic mass is 10.1. The molecule has 6 nitrogen and oxygen atoms in total. The number of para-hydroxylation sites is 2. The second-order valence-electron chi connectivity index (χ2n) is 7.33. The van der Waals surface area contributed by atoms with Crippen LogP contribution in [0, 0.1) is 0 Å². The summed E-state index contributed by atoms with van der Waals surface area (Å²) >= 11 is 0. The van der Waals surface area contributed by atoms with Gasteiger partial charge in [-0.1, -0.05) is 12.1 Å². The number of nitrogens with zero attached hydrogens (tertiary/aromatic N) is 2. The number of nitrogens with one attached hydrogen (secondary N) is 1. The molecule has 1 aliphatic heterocycles. The van der Waals surface area contributed by atoms with Crippen molar-refractivity contribution in [3.63, 3.8) is 0 Å². The minimum absolute atomic E-state index is 0.0163. The number of likely N-dealkylation sites (tertiary alicyclic amines) is 1. The predicted octanol–water partition coefficient (Wildman–Crippen LogP) is 4.34. The Kier molecular flexibility index (Phi) is 4.94. The first-order chi connectivity index (χ1) is 13.6. The highest BCUT2D eigenvalue weighted by Gasteiger charge is 2.33. The third-order valence-corrected chi connectivity index (χ3v) is 5.01. The van der Waals surface area contributed by atoms with Gasteiger partial charge in [0.1, 0.15) is 5.82 Å². The highest BCUT2D eigenvalue weighted by Crippen LogP contribution is 2.35. The molecule has 0 unspecified atom stereocenters. The van der Waals surface area contributed by atoms with E-state index in [2.05, 4.69) is 4.98 Å². The summed E-state index contributed by atoms with van der Waals surface area (Å²) < 4.78 is 11.2. The van der Waals surface area contributed by atoms with E-state index >= 15 is 0 Å². The van der Waals surface area contributed by atoms with E-state index in [9.17, 15) is 4.79 Å². The van der Waals surface area contributed by atoms with Gasteiger partial charge in [-0.2, -0.15) is 0 Å². The van der Waals surface area contributed by atoms with Gasteiger partial charge in [-0.15, -0.1) is 0 Å². The van der Waals surface area contributed by atoms with Crippen molar-refractivity contribution >= 4 is 16.9 Å². The predicted molar refractivity (Wildman–Crippen MR) is 108 cm³/mol. The summed E-state index contributed by atoms with van der Waals surface area (Å²) in [7, 11) is 1.59. The van der Waals surface area contributed by atoms with Crippen LogP contribution in [-0.2, 0) is 0 Å². The third kappa shape index (κ3) is 3.42. The van der Waals surface area contributed by atoms with Crippen molar-refractivity contribution in [1.82, 2.24) is 14.9 Å². The van der Waals surface area contributed by atoms with Gasteiger partial charge in [-0.3, -0.25) is 4.79 Å². The van der Waals surface area contributed by atoms with Crippen molar-refractivity contribution < 1.29 is 14.3 Å². The largest absolute Gasteiger partial charge is 0.493 e. The number of ether oxygens (including phenoxy) is 2. The molecule has 146 valence electrons. The quantitative estimate of drug-likeness (QED) is 0.716. The first-order valence-electron chi connectivity index (χ1n) is 9.67. The topological polar surface area (TPSA) is 67.5 Å². The summed E-state index contributed by atoms with van der Waals surface area (Å²) in [6.45, 7) is 4.63. The lowest BCUT2D eigenvalue weighted by Crippen LogP contribution is -2.31. The molecular weight excluding hydrogens is 354 g/mol. The molecule has 1 saturated heterocycles. The number of rotatable bonds is 5. The zero-order chi connectivity index (χ0) is 19.7. The molecule has 1 atom stereocenters. The fraction of sp³-hybridized carbons (Fsp3) is 0.364. The maximum absolute atomic E-state index is 13.2. The van der Waals surface area contributed by atoms with Crippen LogP contribution < -0.4 is 9.47 Å². The Morgan fingerprint density at radius 1 is 1.21 bits per heavy atom. The Bertz CT molecular complexity index is 963. The fourth-order valence-electron chi connectivity index (χ4n) is 3.74. The molecule has 1 fully saturated rings. The maximum Gasteiger partial charge on any atom is 0.254 e. The van der Waals surface area contributed by atoms with Crippen LogP contribution in [0.2, 0.25) is 0 Å². The molecule has 1 amide bonds. The SMILES string of the molecule is COc1cc(C(=O)N2CCC[C@@H]2c2nc3ccccc3[nH]2)ccc1OC(C)C. The van der Waals surface area contributed by atoms with E-state index in [4.69, 9.17) is 14.5 Å². The summed E-state index contributed by atoms with van der Waals surface area (Å²) in [5.74, 6) is 2.04. The number of carbonyl (C=O) groups is 1. The second-order valence-corrected chi connectivity index (χ2v) is 7.33. The molecule has 0 saturated carbocycles. The molecular formula is C22H25N3O3. The molecule has 28 heavy (non-hydrogen) atoms. The second kappa shape index (κ2) is 7.54. The molecule has 0 radical (unpaired) electrons. The van der Waals surface area contributed by atoms with Crippen LogP contribution in [0.3, 0.4) is 0 Å². The molecule has 3 aromatic rings. The lowest BCUT2D eigenvalue weighted by Gasteiger charge is -2.24. The number of aromatic amines is 1. The van der Waals surface area contributed by atoms with Crippen LogP contribution in [0.25, 0.3) is 11.0 Å². The number of benzene rings is 2. The summed E-state index contributed by atoms with van der Waals surface area (Å²) in [6, 6.07) is 13.3. The normalized spacial score (nSPS) is 16.7. The van der Waals surface area contributed by atoms with Crippen LogP contribution in [0.1, 0.15) is 48.9 Å². The van der Waals surface area contributed by atoms with Crippen LogP contribution in [-0.4, -0.2) is 40.5 Å². The molecule has 1 N–H and O–H groups in total. The van der Waals surface area contributed by atoms with Crippen molar-refractivity contribution in [3.05, 3.63) is 53.9 Å². The number of imidazole rings is 1. The number of amides is 1. The van der Waals surface area contributed by atoms with Gasteiger partial charge in [-0.05, 0) is 57.0 Å². The van der Waals surface area contributed by atoms with Crippen LogP contribution in [0.4, 0.5) is 0 Å². The highest BCUT2D eigenvalue weighted by molar-refractivity contribution is 5.95. The van der Waals surface area contributed by atoms with Crippen molar-refractivity contribution in [2.75, 3.05) is 13.7 Å². The number of aromatic nitrogens is 2. The van der Waals surface area contributed by atoms with Crippen molar-refractivity contribution in [2.45, 2.75) is 38.8 Å². The number of H-pyrrole nitrogens is 1. The van der Waals surface area contributed by atoms with Crippen LogP contribution in [0.5, 0.6) is 11.5 Å². The molecule has 4 rings (SSSR count). The van der Waals surface area contributed by atoms with E-state index in [0.717, 1.165) is 29.7 Å². The number of methoxy groups -OCH3 is 1. The van der Waals surface area contributed by atoms with E-state index < -0.39 is 0 Å². The Labute approximate surface area is 164 Å². The Hall–Kier alpha value is -3.02. The number of carbonyl (C=O) groups excluding carboxylic acids is 1. The molecule has 2 aromatic carbocycles. The minimum atomic E-state index is -0.0440. The zero-order valence-electron chi connectivity index (χ0n) is 16.4. The Balaban J connectivity index is 1.61. The van der Waals surface area contributed by atoms with E-state index in [1.807, 2.05) is 43.0 Å². The summed E-state index contributed by atoms with van der Waals surface area (Å²) in [6.07, 6.45) is 1.89. The smallest absolute Gasteiger partial charge is 0.254 e. The van der Waals surface area contributed by atoms with Crippen LogP contribution in [0.15, 0.2) is 42.5 Å². The number of hydrogen-bond acceptors (Lipinski definition) is 4. The average Bonchev–Trinajstić information content (AvgIpc) is 3.33. The summed E-state index contributed by atoms with van der Waals surface area (Å²) in [5, 5.41) is 0. The van der Waals surface area contributed by atoms with Gasteiger partial charge in [0.25, 0.3) is 5.91 Å². The molecule has 2 heterocycles. The molecule has 0 aliphatic carbocycles.